The number of nitrogens with zero attached hydrogens (tertiary/aromatic N) is 1. The van der Waals surface area contributed by atoms with Crippen LogP contribution in [0.4, 0.5) is 0 Å². The molecule has 1 nitrogen and oxygen atoms in total. The fourth-order valence-corrected chi connectivity index (χ4v) is 4.31. The van der Waals surface area contributed by atoms with Gasteiger partial charge in [0, 0.05) is 31.9 Å². The Morgan fingerprint density at radius 2 is 1.73 bits per heavy atom. The molecule has 0 saturated heterocycles. The van der Waals surface area contributed by atoms with Crippen molar-refractivity contribution in [2.75, 3.05) is 0 Å². The number of rotatable bonds is 2. The minimum absolute atomic E-state index is 0.540. The van der Waals surface area contributed by atoms with Gasteiger partial charge in [-0.25, -0.2) is 0 Å². The van der Waals surface area contributed by atoms with E-state index < -0.39 is 0 Å². The van der Waals surface area contributed by atoms with Crippen LogP contribution in [0.2, 0.25) is 0 Å². The molecule has 0 saturated carbocycles. The monoisotopic (exact) mass is 303 g/mol. The maximum Gasteiger partial charge on any atom is 0.0716 e. The summed E-state index contributed by atoms with van der Waals surface area (Å²) in [5.41, 5.74) is 3.65. The Balaban J connectivity index is 1.98. The van der Waals surface area contributed by atoms with Crippen LogP contribution in [-0.2, 0) is 0 Å². The van der Waals surface area contributed by atoms with Crippen LogP contribution in [0.5, 0.6) is 0 Å². The van der Waals surface area contributed by atoms with Gasteiger partial charge in [-0.1, -0.05) is 62.4 Å². The van der Waals surface area contributed by atoms with Gasteiger partial charge in [0.2, 0.25) is 0 Å². The molecule has 2 heteroatoms. The number of fused-ring (bicyclic) bond motifs is 3. The molecule has 0 radical (unpaired) electrons. The molecule has 0 aliphatic carbocycles. The zero-order chi connectivity index (χ0) is 15.1. The number of pyridine rings is 1. The lowest BCUT2D eigenvalue weighted by atomic mass is 10.0. The highest BCUT2D eigenvalue weighted by Crippen LogP contribution is 2.39. The molecule has 22 heavy (non-hydrogen) atoms. The third-order valence-corrected chi connectivity index (χ3v) is 5.32. The first-order valence-corrected chi connectivity index (χ1v) is 8.42. The van der Waals surface area contributed by atoms with Gasteiger partial charge in [0.1, 0.15) is 0 Å². The van der Waals surface area contributed by atoms with Crippen LogP contribution in [0.25, 0.3) is 31.4 Å². The highest BCUT2D eigenvalue weighted by molar-refractivity contribution is 7.26. The van der Waals surface area contributed by atoms with Crippen molar-refractivity contribution < 1.29 is 0 Å². The molecular formula is C20H17NS. The summed E-state index contributed by atoms with van der Waals surface area (Å²) < 4.78 is 2.72. The summed E-state index contributed by atoms with van der Waals surface area (Å²) in [5.74, 6) is 0.540. The molecule has 2 heterocycles. The van der Waals surface area contributed by atoms with Crippen molar-refractivity contribution in [1.29, 1.82) is 0 Å². The average molecular weight is 303 g/mol. The molecule has 0 atom stereocenters. The first kappa shape index (κ1) is 13.5. The second kappa shape index (κ2) is 5.22. The summed E-state index contributed by atoms with van der Waals surface area (Å²) in [6.07, 6.45) is 2.03. The quantitative estimate of drug-likeness (QED) is 0.427. The van der Waals surface area contributed by atoms with Crippen molar-refractivity contribution >= 4 is 31.5 Å². The van der Waals surface area contributed by atoms with Gasteiger partial charge in [-0.15, -0.1) is 11.3 Å². The minimum atomic E-state index is 0.540. The SMILES string of the molecule is CC(C)c1cccc2c1sc1cc(-c3ccccc3)ncc12. The Morgan fingerprint density at radius 3 is 2.50 bits per heavy atom. The van der Waals surface area contributed by atoms with Crippen LogP contribution in [0.15, 0.2) is 60.8 Å². The lowest BCUT2D eigenvalue weighted by Gasteiger charge is -2.05. The summed E-state index contributed by atoms with van der Waals surface area (Å²) in [4.78, 5) is 4.68. The van der Waals surface area contributed by atoms with E-state index in [0.29, 0.717) is 5.92 Å². The van der Waals surface area contributed by atoms with E-state index in [1.807, 2.05) is 23.6 Å². The van der Waals surface area contributed by atoms with Crippen LogP contribution in [0, 0.1) is 0 Å². The van der Waals surface area contributed by atoms with Crippen molar-refractivity contribution in [2.45, 2.75) is 19.8 Å². The topological polar surface area (TPSA) is 12.9 Å². The van der Waals surface area contributed by atoms with E-state index in [9.17, 15) is 0 Å². The van der Waals surface area contributed by atoms with Gasteiger partial charge in [0.25, 0.3) is 0 Å². The summed E-state index contributed by atoms with van der Waals surface area (Å²) >= 11 is 1.89. The summed E-state index contributed by atoms with van der Waals surface area (Å²) in [6, 6.07) is 19.2. The Morgan fingerprint density at radius 1 is 0.909 bits per heavy atom. The molecule has 0 N–H and O–H groups in total. The Kier molecular flexibility index (Phi) is 3.20. The van der Waals surface area contributed by atoms with E-state index in [1.165, 1.54) is 31.3 Å². The highest BCUT2D eigenvalue weighted by atomic mass is 32.1. The van der Waals surface area contributed by atoms with Crippen LogP contribution in [0.3, 0.4) is 0 Å². The molecular weight excluding hydrogens is 286 g/mol. The molecule has 2 aromatic carbocycles. The first-order chi connectivity index (χ1) is 10.7. The lowest BCUT2D eigenvalue weighted by molar-refractivity contribution is 0.878. The third-order valence-electron chi connectivity index (χ3n) is 4.11. The lowest BCUT2D eigenvalue weighted by Crippen LogP contribution is -1.85. The molecule has 0 aliphatic rings. The Hall–Kier alpha value is -2.19. The first-order valence-electron chi connectivity index (χ1n) is 7.60. The molecule has 0 amide bonds. The Bertz CT molecular complexity index is 951. The summed E-state index contributed by atoms with van der Waals surface area (Å²) in [6.45, 7) is 4.51. The van der Waals surface area contributed by atoms with Gasteiger partial charge in [0.05, 0.1) is 5.69 Å². The largest absolute Gasteiger partial charge is 0.256 e. The van der Waals surface area contributed by atoms with E-state index in [0.717, 1.165) is 5.69 Å². The third kappa shape index (κ3) is 2.11. The molecule has 2 aromatic heterocycles. The molecule has 0 aliphatic heterocycles. The number of benzene rings is 2. The fourth-order valence-electron chi connectivity index (χ4n) is 2.94. The number of hydrogen-bond donors (Lipinski definition) is 0. The maximum atomic E-state index is 4.68. The highest BCUT2D eigenvalue weighted by Gasteiger charge is 2.12. The van der Waals surface area contributed by atoms with Gasteiger partial charge >= 0.3 is 0 Å². The average Bonchev–Trinajstić information content (AvgIpc) is 2.93. The van der Waals surface area contributed by atoms with Gasteiger partial charge < -0.3 is 0 Å². The molecule has 4 rings (SSSR count). The van der Waals surface area contributed by atoms with Gasteiger partial charge in [-0.05, 0) is 17.5 Å². The van der Waals surface area contributed by atoms with Crippen LogP contribution in [0.1, 0.15) is 25.3 Å². The van der Waals surface area contributed by atoms with Crippen LogP contribution < -0.4 is 0 Å². The second-order valence-corrected chi connectivity index (χ2v) is 6.96. The Labute approximate surface area is 134 Å². The van der Waals surface area contributed by atoms with Crippen LogP contribution >= 0.6 is 11.3 Å². The van der Waals surface area contributed by atoms with Gasteiger partial charge in [-0.3, -0.25) is 4.98 Å². The van der Waals surface area contributed by atoms with Gasteiger partial charge in [-0.2, -0.15) is 0 Å². The van der Waals surface area contributed by atoms with Crippen molar-refractivity contribution in [1.82, 2.24) is 4.98 Å². The van der Waals surface area contributed by atoms with Crippen molar-refractivity contribution in [3.63, 3.8) is 0 Å². The van der Waals surface area contributed by atoms with E-state index in [-0.39, 0.29) is 0 Å². The molecule has 0 fully saturated rings. The van der Waals surface area contributed by atoms with Crippen molar-refractivity contribution in [2.24, 2.45) is 0 Å². The molecule has 0 unspecified atom stereocenters. The standard InChI is InChI=1S/C20H17NS/c1-13(2)15-9-6-10-16-17-12-21-18(11-19(17)22-20(15)16)14-7-4-3-5-8-14/h3-13H,1-2H3. The zero-order valence-corrected chi connectivity index (χ0v) is 13.5. The molecule has 108 valence electrons. The number of thiophene rings is 1. The molecule has 0 bridgehead atoms. The van der Waals surface area contributed by atoms with E-state index in [4.69, 9.17) is 0 Å². The maximum absolute atomic E-state index is 4.68. The fraction of sp³-hybridized carbons (Fsp3) is 0.150. The summed E-state index contributed by atoms with van der Waals surface area (Å²) in [7, 11) is 0. The van der Waals surface area contributed by atoms with E-state index in [2.05, 4.69) is 67.4 Å². The second-order valence-electron chi connectivity index (χ2n) is 5.91. The van der Waals surface area contributed by atoms with Crippen LogP contribution in [-0.4, -0.2) is 4.98 Å². The van der Waals surface area contributed by atoms with E-state index >= 15 is 0 Å². The van der Waals surface area contributed by atoms with Gasteiger partial charge in [0.15, 0.2) is 0 Å². The summed E-state index contributed by atoms with van der Waals surface area (Å²) in [5, 5.41) is 2.60. The smallest absolute Gasteiger partial charge is 0.0716 e. The van der Waals surface area contributed by atoms with Crippen molar-refractivity contribution in [3.05, 3.63) is 66.4 Å². The number of aromatic nitrogens is 1. The normalized spacial score (nSPS) is 11.6. The van der Waals surface area contributed by atoms with E-state index in [1.54, 1.807) is 0 Å². The molecule has 4 aromatic rings. The predicted molar refractivity (Wildman–Crippen MR) is 96.7 cm³/mol. The predicted octanol–water partition coefficient (Wildman–Crippen LogP) is 6.24. The molecule has 0 spiro atoms. The number of hydrogen-bond acceptors (Lipinski definition) is 2. The zero-order valence-electron chi connectivity index (χ0n) is 12.7. The minimum Gasteiger partial charge on any atom is -0.256 e. The van der Waals surface area contributed by atoms with Crippen molar-refractivity contribution in [3.8, 4) is 11.3 Å².